The summed E-state index contributed by atoms with van der Waals surface area (Å²) in [4.78, 5) is 2.44. The smallest absolute Gasteiger partial charge is 0.216 e. The van der Waals surface area contributed by atoms with Crippen LogP contribution >= 0.6 is 0 Å². The summed E-state index contributed by atoms with van der Waals surface area (Å²) in [5.74, 6) is 0.840. The van der Waals surface area contributed by atoms with Crippen LogP contribution in [0, 0.1) is 12.3 Å². The molecule has 0 bridgehead atoms. The van der Waals surface area contributed by atoms with Crippen molar-refractivity contribution in [3.8, 4) is 5.88 Å². The third-order valence-electron chi connectivity index (χ3n) is 5.01. The summed E-state index contributed by atoms with van der Waals surface area (Å²) in [6.45, 7) is 11.6. The number of aromatic nitrogens is 2. The second-order valence-electron chi connectivity index (χ2n) is 6.38. The fourth-order valence-electron chi connectivity index (χ4n) is 3.21. The van der Waals surface area contributed by atoms with Gasteiger partial charge in [-0.05, 0) is 44.7 Å². The van der Waals surface area contributed by atoms with Crippen LogP contribution in [0.1, 0.15) is 37.4 Å². The minimum atomic E-state index is 0.128. The molecule has 0 amide bonds. The van der Waals surface area contributed by atoms with Gasteiger partial charge in [-0.15, -0.1) is 0 Å². The summed E-state index contributed by atoms with van der Waals surface area (Å²) < 4.78 is 7.59. The predicted octanol–water partition coefficient (Wildman–Crippen LogP) is 2.28. The number of likely N-dealkylation sites (tertiary alicyclic amines) is 1. The third kappa shape index (κ3) is 3.52. The van der Waals surface area contributed by atoms with Gasteiger partial charge in [-0.3, -0.25) is 4.90 Å². The zero-order valence-electron chi connectivity index (χ0n) is 14.1. The molecule has 1 aromatic rings. The van der Waals surface area contributed by atoms with Crippen molar-refractivity contribution in [2.24, 2.45) is 12.5 Å². The molecule has 1 N–H and O–H groups in total. The van der Waals surface area contributed by atoms with Gasteiger partial charge in [-0.2, -0.15) is 5.10 Å². The van der Waals surface area contributed by atoms with Crippen LogP contribution < -0.4 is 4.74 Å². The van der Waals surface area contributed by atoms with E-state index in [-0.39, 0.29) is 5.41 Å². The lowest BCUT2D eigenvalue weighted by Crippen LogP contribution is -2.41. The zero-order valence-corrected chi connectivity index (χ0v) is 14.1. The highest BCUT2D eigenvalue weighted by Gasteiger charge is 2.32. The van der Waals surface area contributed by atoms with Crippen molar-refractivity contribution in [1.82, 2.24) is 14.7 Å². The van der Waals surface area contributed by atoms with Crippen molar-refractivity contribution in [1.29, 1.82) is 0 Å². The highest BCUT2D eigenvalue weighted by molar-refractivity contribution is 5.31. The van der Waals surface area contributed by atoms with E-state index in [1.165, 1.54) is 0 Å². The Labute approximate surface area is 133 Å². The largest absolute Gasteiger partial charge is 0.473 e. The van der Waals surface area contributed by atoms with Gasteiger partial charge in [0, 0.05) is 20.2 Å². The van der Waals surface area contributed by atoms with Gasteiger partial charge in [-0.1, -0.05) is 19.6 Å². The van der Waals surface area contributed by atoms with Gasteiger partial charge >= 0.3 is 0 Å². The molecule has 0 atom stereocenters. The SMILES string of the molecule is C=CCOc1c(CN2CCC(CC)(CO)CC2)c(C)nn1C. The molecule has 1 aliphatic rings. The highest BCUT2D eigenvalue weighted by Crippen LogP contribution is 2.35. The number of hydrogen-bond acceptors (Lipinski definition) is 4. The molecule has 2 rings (SSSR count). The van der Waals surface area contributed by atoms with Crippen molar-refractivity contribution < 1.29 is 9.84 Å². The number of ether oxygens (including phenoxy) is 1. The van der Waals surface area contributed by atoms with Gasteiger partial charge < -0.3 is 9.84 Å². The fraction of sp³-hybridized carbons (Fsp3) is 0.706. The lowest BCUT2D eigenvalue weighted by atomic mass is 9.77. The molecule has 0 aromatic carbocycles. The van der Waals surface area contributed by atoms with Gasteiger partial charge in [0.15, 0.2) is 0 Å². The monoisotopic (exact) mass is 307 g/mol. The van der Waals surface area contributed by atoms with Crippen molar-refractivity contribution >= 4 is 0 Å². The van der Waals surface area contributed by atoms with Crippen LogP contribution in [0.3, 0.4) is 0 Å². The van der Waals surface area contributed by atoms with E-state index < -0.39 is 0 Å². The van der Waals surface area contributed by atoms with E-state index in [4.69, 9.17) is 4.74 Å². The second kappa shape index (κ2) is 7.29. The number of piperidine rings is 1. The van der Waals surface area contributed by atoms with E-state index >= 15 is 0 Å². The predicted molar refractivity (Wildman–Crippen MR) is 88.0 cm³/mol. The number of nitrogens with zero attached hydrogens (tertiary/aromatic N) is 3. The molecule has 5 nitrogen and oxygen atoms in total. The summed E-state index contributed by atoms with van der Waals surface area (Å²) in [6, 6.07) is 0. The molecule has 0 unspecified atom stereocenters. The fourth-order valence-corrected chi connectivity index (χ4v) is 3.21. The standard InChI is InChI=1S/C17H29N3O2/c1-5-11-22-16-15(14(3)18-19(16)4)12-20-9-7-17(6-2,13-21)8-10-20/h5,21H,1,6-13H2,2-4H3. The Morgan fingerprint density at radius 2 is 2.09 bits per heavy atom. The Kier molecular flexibility index (Phi) is 5.64. The molecule has 2 heterocycles. The second-order valence-corrected chi connectivity index (χ2v) is 6.38. The third-order valence-corrected chi connectivity index (χ3v) is 5.01. The molecule has 1 fully saturated rings. The summed E-state index contributed by atoms with van der Waals surface area (Å²) in [7, 11) is 1.92. The average molecular weight is 307 g/mol. The molecule has 1 aromatic heterocycles. The maximum absolute atomic E-state index is 9.64. The number of aryl methyl sites for hydroxylation is 2. The quantitative estimate of drug-likeness (QED) is 0.785. The average Bonchev–Trinajstić information content (AvgIpc) is 2.80. The van der Waals surface area contributed by atoms with E-state index in [1.807, 2.05) is 18.7 Å². The molecule has 124 valence electrons. The lowest BCUT2D eigenvalue weighted by Gasteiger charge is -2.40. The number of aliphatic hydroxyl groups excluding tert-OH is 1. The van der Waals surface area contributed by atoms with Crippen LogP contribution in [0.2, 0.25) is 0 Å². The van der Waals surface area contributed by atoms with Crippen LogP contribution in [-0.2, 0) is 13.6 Å². The maximum Gasteiger partial charge on any atom is 0.216 e. The summed E-state index contributed by atoms with van der Waals surface area (Å²) >= 11 is 0. The van der Waals surface area contributed by atoms with Gasteiger partial charge in [-0.25, -0.2) is 4.68 Å². The van der Waals surface area contributed by atoms with Crippen LogP contribution in [-0.4, -0.2) is 46.1 Å². The molecule has 0 aliphatic carbocycles. The van der Waals surface area contributed by atoms with Crippen molar-refractivity contribution in [3.63, 3.8) is 0 Å². The van der Waals surface area contributed by atoms with E-state index in [2.05, 4.69) is 23.5 Å². The summed E-state index contributed by atoms with van der Waals surface area (Å²) in [6.07, 6.45) is 4.92. The normalized spacial score (nSPS) is 18.4. The number of hydrogen-bond donors (Lipinski definition) is 1. The molecule has 5 heteroatoms. The summed E-state index contributed by atoms with van der Waals surface area (Å²) in [5.41, 5.74) is 2.32. The first-order valence-electron chi connectivity index (χ1n) is 8.14. The van der Waals surface area contributed by atoms with E-state index in [1.54, 1.807) is 6.08 Å². The first kappa shape index (κ1) is 17.0. The molecule has 0 saturated carbocycles. The van der Waals surface area contributed by atoms with Crippen molar-refractivity contribution in [3.05, 3.63) is 23.9 Å². The van der Waals surface area contributed by atoms with E-state index in [9.17, 15) is 5.11 Å². The van der Waals surface area contributed by atoms with Gasteiger partial charge in [0.2, 0.25) is 5.88 Å². The Balaban J connectivity index is 2.04. The molecular weight excluding hydrogens is 278 g/mol. The first-order valence-corrected chi connectivity index (χ1v) is 8.14. The molecule has 1 saturated heterocycles. The number of aliphatic hydroxyl groups is 1. The first-order chi connectivity index (χ1) is 10.5. The van der Waals surface area contributed by atoms with Crippen molar-refractivity contribution in [2.75, 3.05) is 26.3 Å². The Morgan fingerprint density at radius 1 is 1.41 bits per heavy atom. The molecule has 0 radical (unpaired) electrons. The Hall–Kier alpha value is -1.33. The lowest BCUT2D eigenvalue weighted by molar-refractivity contribution is 0.0379. The van der Waals surface area contributed by atoms with Crippen LogP contribution in [0.15, 0.2) is 12.7 Å². The van der Waals surface area contributed by atoms with Crippen LogP contribution in [0.4, 0.5) is 0 Å². The Morgan fingerprint density at radius 3 is 2.64 bits per heavy atom. The van der Waals surface area contributed by atoms with Crippen LogP contribution in [0.5, 0.6) is 5.88 Å². The Bertz CT molecular complexity index is 496. The van der Waals surface area contributed by atoms with Crippen molar-refractivity contribution in [2.45, 2.75) is 39.7 Å². The van der Waals surface area contributed by atoms with Gasteiger partial charge in [0.05, 0.1) is 11.3 Å². The van der Waals surface area contributed by atoms with E-state index in [0.717, 1.165) is 56.0 Å². The highest BCUT2D eigenvalue weighted by atomic mass is 16.5. The molecular formula is C17H29N3O2. The van der Waals surface area contributed by atoms with E-state index in [0.29, 0.717) is 13.2 Å². The molecule has 1 aliphatic heterocycles. The topological polar surface area (TPSA) is 50.5 Å². The van der Waals surface area contributed by atoms with Gasteiger partial charge in [0.1, 0.15) is 6.61 Å². The number of rotatable bonds is 7. The maximum atomic E-state index is 9.64. The van der Waals surface area contributed by atoms with Crippen LogP contribution in [0.25, 0.3) is 0 Å². The summed E-state index contributed by atoms with van der Waals surface area (Å²) in [5, 5.41) is 14.1. The molecule has 0 spiro atoms. The minimum absolute atomic E-state index is 0.128. The molecule has 22 heavy (non-hydrogen) atoms. The zero-order chi connectivity index (χ0) is 16.2. The minimum Gasteiger partial charge on any atom is -0.473 e. The van der Waals surface area contributed by atoms with Gasteiger partial charge in [0.25, 0.3) is 0 Å².